The van der Waals surface area contributed by atoms with Crippen LogP contribution in [0.4, 0.5) is 0 Å². The fourth-order valence-electron chi connectivity index (χ4n) is 3.84. The second kappa shape index (κ2) is 10.3. The van der Waals surface area contributed by atoms with Gasteiger partial charge in [-0.15, -0.1) is 10.2 Å². The van der Waals surface area contributed by atoms with Gasteiger partial charge in [0.25, 0.3) is 0 Å². The topological polar surface area (TPSA) is 81.5 Å². The number of ether oxygens (including phenoxy) is 2. The number of methoxy groups -OCH3 is 2. The number of hydrogen-bond acceptors (Lipinski definition) is 6. The standard InChI is InChI=1S/C22H32ClN5O3/c1-6-20(29)24-21(14(2)3)22-26-25-19-7-8-27(9-10-28(19)22)13-15-11-17(30-4)18(31-5)12-16(15)23/h11-12,14,21H,6-10,13H2,1-5H3,(H,24,29)/t21-/m1/s1. The van der Waals surface area contributed by atoms with Crippen molar-refractivity contribution in [3.63, 3.8) is 0 Å². The highest BCUT2D eigenvalue weighted by atomic mass is 35.5. The van der Waals surface area contributed by atoms with E-state index in [-0.39, 0.29) is 17.9 Å². The molecule has 0 bridgehead atoms. The molecule has 0 fully saturated rings. The van der Waals surface area contributed by atoms with E-state index in [1.807, 2.05) is 13.0 Å². The third-order valence-electron chi connectivity index (χ3n) is 5.68. The summed E-state index contributed by atoms with van der Waals surface area (Å²) in [4.78, 5) is 14.4. The minimum atomic E-state index is -0.152. The summed E-state index contributed by atoms with van der Waals surface area (Å²) in [5.41, 5.74) is 0.993. The van der Waals surface area contributed by atoms with E-state index in [4.69, 9.17) is 21.1 Å². The van der Waals surface area contributed by atoms with Gasteiger partial charge in [-0.2, -0.15) is 0 Å². The number of nitrogens with zero attached hydrogens (tertiary/aromatic N) is 4. The molecule has 2 heterocycles. The van der Waals surface area contributed by atoms with Gasteiger partial charge in [0.15, 0.2) is 17.3 Å². The number of aromatic nitrogens is 3. The summed E-state index contributed by atoms with van der Waals surface area (Å²) < 4.78 is 12.9. The maximum absolute atomic E-state index is 12.0. The van der Waals surface area contributed by atoms with Gasteiger partial charge in [0.2, 0.25) is 5.91 Å². The number of nitrogens with one attached hydrogen (secondary N) is 1. The first kappa shape index (κ1) is 23.3. The lowest BCUT2D eigenvalue weighted by Crippen LogP contribution is -2.34. The molecule has 1 aliphatic rings. The van der Waals surface area contributed by atoms with E-state index in [1.54, 1.807) is 20.3 Å². The Morgan fingerprint density at radius 1 is 1.16 bits per heavy atom. The minimum absolute atomic E-state index is 0.0226. The molecule has 3 rings (SSSR count). The van der Waals surface area contributed by atoms with Crippen LogP contribution in [0.2, 0.25) is 5.02 Å². The van der Waals surface area contributed by atoms with Crippen molar-refractivity contribution in [3.8, 4) is 11.5 Å². The number of benzene rings is 1. The number of rotatable bonds is 8. The van der Waals surface area contributed by atoms with Crippen LogP contribution in [0.25, 0.3) is 0 Å². The van der Waals surface area contributed by atoms with Crippen molar-refractivity contribution in [2.45, 2.75) is 52.7 Å². The average Bonchev–Trinajstić information content (AvgIpc) is 3.05. The van der Waals surface area contributed by atoms with Gasteiger partial charge in [-0.1, -0.05) is 32.4 Å². The molecule has 31 heavy (non-hydrogen) atoms. The first-order chi connectivity index (χ1) is 14.9. The molecule has 0 aliphatic carbocycles. The van der Waals surface area contributed by atoms with Crippen LogP contribution in [0.15, 0.2) is 12.1 Å². The molecule has 1 aromatic carbocycles. The number of halogens is 1. The zero-order valence-electron chi connectivity index (χ0n) is 18.9. The number of carbonyl (C=O) groups is 1. The Bertz CT molecular complexity index is 915. The van der Waals surface area contributed by atoms with Crippen LogP contribution in [0, 0.1) is 5.92 Å². The number of hydrogen-bond donors (Lipinski definition) is 1. The average molecular weight is 450 g/mol. The molecule has 0 saturated carbocycles. The van der Waals surface area contributed by atoms with E-state index in [9.17, 15) is 4.79 Å². The zero-order chi connectivity index (χ0) is 22.5. The van der Waals surface area contributed by atoms with Crippen LogP contribution in [0.1, 0.15) is 50.4 Å². The molecule has 1 atom stereocenters. The van der Waals surface area contributed by atoms with E-state index in [2.05, 4.69) is 38.8 Å². The molecular weight excluding hydrogens is 418 g/mol. The predicted octanol–water partition coefficient (Wildman–Crippen LogP) is 3.23. The van der Waals surface area contributed by atoms with Crippen molar-refractivity contribution in [2.24, 2.45) is 5.92 Å². The fraction of sp³-hybridized carbons (Fsp3) is 0.591. The van der Waals surface area contributed by atoms with E-state index in [0.29, 0.717) is 29.5 Å². The highest BCUT2D eigenvalue weighted by molar-refractivity contribution is 6.31. The highest BCUT2D eigenvalue weighted by Gasteiger charge is 2.27. The van der Waals surface area contributed by atoms with Gasteiger partial charge in [-0.3, -0.25) is 9.69 Å². The van der Waals surface area contributed by atoms with Gasteiger partial charge in [0.05, 0.1) is 20.3 Å². The Labute approximate surface area is 188 Å². The van der Waals surface area contributed by atoms with E-state index >= 15 is 0 Å². The summed E-state index contributed by atoms with van der Waals surface area (Å²) in [5, 5.41) is 12.6. The molecule has 9 heteroatoms. The van der Waals surface area contributed by atoms with Crippen molar-refractivity contribution in [3.05, 3.63) is 34.4 Å². The maximum atomic E-state index is 12.0. The van der Waals surface area contributed by atoms with Gasteiger partial charge in [0, 0.05) is 50.1 Å². The summed E-state index contributed by atoms with van der Waals surface area (Å²) in [6.07, 6.45) is 1.23. The first-order valence-corrected chi connectivity index (χ1v) is 11.1. The number of fused-ring (bicyclic) bond motifs is 1. The second-order valence-corrected chi connectivity index (χ2v) is 8.50. The molecule has 1 N–H and O–H groups in total. The monoisotopic (exact) mass is 449 g/mol. The van der Waals surface area contributed by atoms with Crippen LogP contribution in [0.3, 0.4) is 0 Å². The molecule has 2 aromatic rings. The summed E-state index contributed by atoms with van der Waals surface area (Å²) in [5.74, 6) is 3.31. The van der Waals surface area contributed by atoms with Gasteiger partial charge in [-0.05, 0) is 17.5 Å². The van der Waals surface area contributed by atoms with Crippen LogP contribution in [0.5, 0.6) is 11.5 Å². The molecule has 0 spiro atoms. The Kier molecular flexibility index (Phi) is 7.78. The summed E-state index contributed by atoms with van der Waals surface area (Å²) in [7, 11) is 3.22. The summed E-state index contributed by atoms with van der Waals surface area (Å²) >= 11 is 6.50. The fourth-order valence-corrected chi connectivity index (χ4v) is 4.05. The van der Waals surface area contributed by atoms with Crippen molar-refractivity contribution in [2.75, 3.05) is 27.3 Å². The lowest BCUT2D eigenvalue weighted by atomic mass is 10.0. The lowest BCUT2D eigenvalue weighted by Gasteiger charge is -2.23. The van der Waals surface area contributed by atoms with Crippen molar-refractivity contribution in [1.82, 2.24) is 25.0 Å². The highest BCUT2D eigenvalue weighted by Crippen LogP contribution is 2.34. The third-order valence-corrected chi connectivity index (χ3v) is 6.03. The van der Waals surface area contributed by atoms with Crippen molar-refractivity contribution >= 4 is 17.5 Å². The molecule has 0 saturated heterocycles. The molecule has 8 nitrogen and oxygen atoms in total. The zero-order valence-corrected chi connectivity index (χ0v) is 19.7. The summed E-state index contributed by atoms with van der Waals surface area (Å²) in [6, 6.07) is 3.58. The Balaban J connectivity index is 1.76. The van der Waals surface area contributed by atoms with Crippen LogP contribution in [-0.4, -0.2) is 52.9 Å². The normalized spacial score (nSPS) is 15.3. The van der Waals surface area contributed by atoms with E-state index in [0.717, 1.165) is 43.3 Å². The summed E-state index contributed by atoms with van der Waals surface area (Å²) in [6.45, 7) is 9.16. The van der Waals surface area contributed by atoms with E-state index < -0.39 is 0 Å². The van der Waals surface area contributed by atoms with Gasteiger partial charge < -0.3 is 19.4 Å². The SMILES string of the molecule is CCC(=O)N[C@@H](c1nnc2n1CCN(Cc1cc(OC)c(OC)cc1Cl)CC2)C(C)C. The van der Waals surface area contributed by atoms with E-state index in [1.165, 1.54) is 0 Å². The van der Waals surface area contributed by atoms with Gasteiger partial charge >= 0.3 is 0 Å². The van der Waals surface area contributed by atoms with Crippen molar-refractivity contribution in [1.29, 1.82) is 0 Å². The molecule has 0 unspecified atom stereocenters. The maximum Gasteiger partial charge on any atom is 0.220 e. The smallest absolute Gasteiger partial charge is 0.220 e. The predicted molar refractivity (Wildman–Crippen MR) is 120 cm³/mol. The minimum Gasteiger partial charge on any atom is -0.493 e. The van der Waals surface area contributed by atoms with Gasteiger partial charge in [-0.25, -0.2) is 0 Å². The largest absolute Gasteiger partial charge is 0.493 e. The quantitative estimate of drug-likeness (QED) is 0.666. The third kappa shape index (κ3) is 5.30. The molecule has 1 amide bonds. The van der Waals surface area contributed by atoms with Crippen LogP contribution < -0.4 is 14.8 Å². The molecule has 0 radical (unpaired) electrons. The Morgan fingerprint density at radius 3 is 2.52 bits per heavy atom. The Morgan fingerprint density at radius 2 is 1.87 bits per heavy atom. The number of amides is 1. The molecule has 170 valence electrons. The lowest BCUT2D eigenvalue weighted by molar-refractivity contribution is -0.121. The molecule has 1 aliphatic heterocycles. The molecule has 1 aromatic heterocycles. The van der Waals surface area contributed by atoms with Gasteiger partial charge in [0.1, 0.15) is 5.82 Å². The Hall–Kier alpha value is -2.32. The second-order valence-electron chi connectivity index (χ2n) is 8.09. The number of carbonyl (C=O) groups excluding carboxylic acids is 1. The van der Waals surface area contributed by atoms with Crippen LogP contribution >= 0.6 is 11.6 Å². The first-order valence-electron chi connectivity index (χ1n) is 10.7. The van der Waals surface area contributed by atoms with Crippen LogP contribution in [-0.2, 0) is 24.3 Å². The van der Waals surface area contributed by atoms with Crippen molar-refractivity contribution < 1.29 is 14.3 Å². The molecular formula is C22H32ClN5O3.